The topological polar surface area (TPSA) is 31.4 Å². The molecule has 3 aromatic rings. The number of nitrogens with zero attached hydrogens (tertiary/aromatic N) is 2. The average molecular weight is 468 g/mol. The lowest BCUT2D eigenvalue weighted by atomic mass is 10.1. The molecule has 0 spiro atoms. The van der Waals surface area contributed by atoms with Crippen molar-refractivity contribution in [2.75, 3.05) is 13.6 Å². The van der Waals surface area contributed by atoms with Crippen LogP contribution < -0.4 is 0 Å². The minimum atomic E-state index is 1.03. The van der Waals surface area contributed by atoms with Crippen LogP contribution in [0.1, 0.15) is 44.0 Å². The molecule has 0 unspecified atom stereocenters. The van der Waals surface area contributed by atoms with E-state index < -0.39 is 0 Å². The van der Waals surface area contributed by atoms with Crippen LogP contribution in [0.4, 0.5) is 0 Å². The van der Waals surface area contributed by atoms with Crippen molar-refractivity contribution in [3.05, 3.63) is 82.0 Å². The lowest BCUT2D eigenvalue weighted by Gasteiger charge is -2.20. The normalized spacial score (nSPS) is 14.0. The number of aromatic nitrogens is 1. The molecule has 0 aliphatic carbocycles. The number of H-pyrrole nitrogens is 1. The van der Waals surface area contributed by atoms with Gasteiger partial charge in [-0.15, -0.1) is 0 Å². The zero-order valence-corrected chi connectivity index (χ0v) is 20.2. The maximum absolute atomic E-state index is 3.62. The van der Waals surface area contributed by atoms with Crippen molar-refractivity contribution in [2.24, 2.45) is 4.99 Å². The lowest BCUT2D eigenvalue weighted by Crippen LogP contribution is -2.22. The van der Waals surface area contributed by atoms with Crippen molar-refractivity contribution in [3.63, 3.8) is 0 Å². The molecule has 0 radical (unpaired) electrons. The molecule has 2 heterocycles. The third-order valence-electron chi connectivity index (χ3n) is 5.08. The Balaban J connectivity index is 0.000000347. The van der Waals surface area contributed by atoms with Crippen molar-refractivity contribution < 1.29 is 0 Å². The molecule has 0 amide bonds. The van der Waals surface area contributed by atoms with Crippen LogP contribution in [0.15, 0.2) is 70.1 Å². The summed E-state index contributed by atoms with van der Waals surface area (Å²) in [4.78, 5) is 9.80. The molecule has 4 rings (SSSR count). The Bertz CT molecular complexity index is 924. The van der Waals surface area contributed by atoms with E-state index in [1.54, 1.807) is 13.3 Å². The minimum Gasteiger partial charge on any atom is -0.358 e. The van der Waals surface area contributed by atoms with Gasteiger partial charge in [0.15, 0.2) is 0 Å². The summed E-state index contributed by atoms with van der Waals surface area (Å²) in [6, 6.07) is 17.3. The highest BCUT2D eigenvalue weighted by Gasteiger charge is 2.19. The van der Waals surface area contributed by atoms with Crippen LogP contribution in [0.25, 0.3) is 10.9 Å². The zero-order chi connectivity index (χ0) is 21.8. The molecule has 0 atom stereocenters. The van der Waals surface area contributed by atoms with Crippen molar-refractivity contribution in [3.8, 4) is 0 Å². The van der Waals surface area contributed by atoms with Gasteiger partial charge in [0.05, 0.1) is 0 Å². The molecule has 160 valence electrons. The van der Waals surface area contributed by atoms with E-state index in [4.69, 9.17) is 0 Å². The Kier molecular flexibility index (Phi) is 10.6. The molecule has 0 saturated carbocycles. The fraction of sp³-hybridized carbons (Fsp3) is 0.346. The number of aryl methyl sites for hydroxylation is 1. The minimum absolute atomic E-state index is 1.03. The molecule has 4 heteroatoms. The van der Waals surface area contributed by atoms with Gasteiger partial charge >= 0.3 is 0 Å². The molecular weight excluding hydrogens is 434 g/mol. The van der Waals surface area contributed by atoms with Gasteiger partial charge in [-0.3, -0.25) is 4.90 Å². The van der Waals surface area contributed by atoms with Crippen molar-refractivity contribution in [2.45, 2.75) is 46.7 Å². The number of allylic oxidation sites excluding steroid dienone is 2. The van der Waals surface area contributed by atoms with Crippen LogP contribution >= 0.6 is 15.9 Å². The maximum Gasteiger partial charge on any atom is 0.0460 e. The van der Waals surface area contributed by atoms with Crippen LogP contribution in [-0.4, -0.2) is 29.7 Å². The Morgan fingerprint density at radius 2 is 1.77 bits per heavy atom. The molecule has 3 nitrogen and oxygen atoms in total. The number of hydrogen-bond donors (Lipinski definition) is 1. The van der Waals surface area contributed by atoms with Crippen molar-refractivity contribution in [1.82, 2.24) is 9.88 Å². The van der Waals surface area contributed by atoms with Crippen LogP contribution in [0.5, 0.6) is 0 Å². The first kappa shape index (κ1) is 24.1. The maximum atomic E-state index is 3.62. The quantitative estimate of drug-likeness (QED) is 0.314. The van der Waals surface area contributed by atoms with Crippen LogP contribution in [0, 0.1) is 0 Å². The first-order valence-electron chi connectivity index (χ1n) is 10.6. The van der Waals surface area contributed by atoms with Gasteiger partial charge in [-0.05, 0) is 75.7 Å². The lowest BCUT2D eigenvalue weighted by molar-refractivity contribution is 0.262. The molecule has 1 aliphatic heterocycles. The van der Waals surface area contributed by atoms with Gasteiger partial charge in [-0.25, -0.2) is 0 Å². The number of aromatic amines is 1. The second-order valence-corrected chi connectivity index (χ2v) is 8.17. The van der Waals surface area contributed by atoms with E-state index in [1.807, 2.05) is 32.9 Å². The summed E-state index contributed by atoms with van der Waals surface area (Å²) < 4.78 is 1.15. The second-order valence-electron chi connectivity index (χ2n) is 7.25. The number of hydrogen-bond acceptors (Lipinski definition) is 2. The van der Waals surface area contributed by atoms with Crippen molar-refractivity contribution in [1.29, 1.82) is 0 Å². The van der Waals surface area contributed by atoms with Crippen LogP contribution in [-0.2, 0) is 19.5 Å². The summed E-state index contributed by atoms with van der Waals surface area (Å²) in [6.45, 7) is 9.11. The summed E-state index contributed by atoms with van der Waals surface area (Å²) >= 11 is 3.61. The highest BCUT2D eigenvalue weighted by atomic mass is 79.9. The largest absolute Gasteiger partial charge is 0.358 e. The summed E-state index contributed by atoms with van der Waals surface area (Å²) in [5, 5.41) is 1.37. The van der Waals surface area contributed by atoms with E-state index >= 15 is 0 Å². The number of fused-ring (bicyclic) bond motifs is 3. The van der Waals surface area contributed by atoms with E-state index in [-0.39, 0.29) is 0 Å². The smallest absolute Gasteiger partial charge is 0.0460 e. The number of aliphatic imine (C=N–C) groups is 1. The van der Waals surface area contributed by atoms with Gasteiger partial charge in [-0.2, -0.15) is 0 Å². The fourth-order valence-corrected chi connectivity index (χ4v) is 3.79. The fourth-order valence-electron chi connectivity index (χ4n) is 3.43. The zero-order valence-electron chi connectivity index (χ0n) is 18.7. The van der Waals surface area contributed by atoms with Gasteiger partial charge in [0.25, 0.3) is 0 Å². The van der Waals surface area contributed by atoms with Gasteiger partial charge in [0.2, 0.25) is 0 Å². The SMILES string of the molecule is Brc1ccc2[nH]c3c(c2c1)CN(Cc1ccccc1)CCC3.C/C=C\C.CC=NC. The molecule has 0 bridgehead atoms. The molecule has 0 fully saturated rings. The molecule has 1 N–H and O–H groups in total. The van der Waals surface area contributed by atoms with Crippen LogP contribution in [0.2, 0.25) is 0 Å². The van der Waals surface area contributed by atoms with Gasteiger partial charge < -0.3 is 9.98 Å². The van der Waals surface area contributed by atoms with Gasteiger partial charge in [-0.1, -0.05) is 58.4 Å². The highest BCUT2D eigenvalue weighted by Crippen LogP contribution is 2.30. The van der Waals surface area contributed by atoms with E-state index in [0.29, 0.717) is 0 Å². The number of nitrogens with one attached hydrogen (secondary N) is 1. The average Bonchev–Trinajstić information content (AvgIpc) is 2.98. The first-order valence-corrected chi connectivity index (χ1v) is 11.4. The van der Waals surface area contributed by atoms with E-state index in [1.165, 1.54) is 34.1 Å². The van der Waals surface area contributed by atoms with Crippen molar-refractivity contribution >= 4 is 33.0 Å². The molecule has 1 aromatic heterocycles. The Morgan fingerprint density at radius 1 is 1.07 bits per heavy atom. The van der Waals surface area contributed by atoms with E-state index in [9.17, 15) is 0 Å². The van der Waals surface area contributed by atoms with Gasteiger partial charge in [0.1, 0.15) is 0 Å². The summed E-state index contributed by atoms with van der Waals surface area (Å²) in [7, 11) is 1.75. The monoisotopic (exact) mass is 467 g/mol. The molecule has 2 aromatic carbocycles. The van der Waals surface area contributed by atoms with Gasteiger partial charge in [0, 0.05) is 41.2 Å². The molecular formula is C26H34BrN3. The Labute approximate surface area is 190 Å². The number of halogens is 1. The van der Waals surface area contributed by atoms with Crippen LogP contribution in [0.3, 0.4) is 0 Å². The molecule has 1 aliphatic rings. The Morgan fingerprint density at radius 3 is 2.40 bits per heavy atom. The van der Waals surface area contributed by atoms with E-state index in [2.05, 4.69) is 79.3 Å². The number of rotatable bonds is 2. The Hall–Kier alpha value is -2.17. The summed E-state index contributed by atoms with van der Waals surface area (Å²) in [5.74, 6) is 0. The third kappa shape index (κ3) is 7.26. The molecule has 30 heavy (non-hydrogen) atoms. The molecule has 0 saturated heterocycles. The van der Waals surface area contributed by atoms with E-state index in [0.717, 1.165) is 30.5 Å². The first-order chi connectivity index (χ1) is 14.6. The summed E-state index contributed by atoms with van der Waals surface area (Å²) in [5.41, 5.74) is 5.55. The predicted octanol–water partition coefficient (Wildman–Crippen LogP) is 7.17. The number of benzene rings is 2. The standard InChI is InChI=1S/C19H19BrN2.C4H8.C3H7N/c20-15-8-9-19-16(11-15)17-13-22(10-4-7-18(17)21-19)12-14-5-2-1-3-6-14;2*1-3-4-2/h1-3,5-6,8-9,11,21H,4,7,10,12-13H2;3-4H,1-2H3;3H,1-2H3/b;4-3-;. The summed E-state index contributed by atoms with van der Waals surface area (Å²) in [6.07, 6.45) is 8.11. The second kappa shape index (κ2) is 13.2. The third-order valence-corrected chi connectivity index (χ3v) is 5.57. The predicted molar refractivity (Wildman–Crippen MR) is 135 cm³/mol. The highest BCUT2D eigenvalue weighted by molar-refractivity contribution is 9.10.